The average Bonchev–Trinajstić information content (AvgIpc) is 3.28. The Bertz CT molecular complexity index is 1310. The largest absolute Gasteiger partial charge is 0.334 e. The van der Waals surface area contributed by atoms with Gasteiger partial charge in [-0.2, -0.15) is 0 Å². The van der Waals surface area contributed by atoms with Gasteiger partial charge in [0, 0.05) is 30.1 Å². The molecule has 0 saturated heterocycles. The summed E-state index contributed by atoms with van der Waals surface area (Å²) >= 11 is 1.50. The molecule has 0 fully saturated rings. The van der Waals surface area contributed by atoms with Crippen LogP contribution in [0.2, 0.25) is 0 Å². The highest BCUT2D eigenvalue weighted by Gasteiger charge is 2.17. The summed E-state index contributed by atoms with van der Waals surface area (Å²) in [6, 6.07) is 23.7. The van der Waals surface area contributed by atoms with Gasteiger partial charge < -0.3 is 10.6 Å². The molecule has 178 valence electrons. The highest BCUT2D eigenvalue weighted by atomic mass is 32.2. The second kappa shape index (κ2) is 11.3. The Balaban J connectivity index is 1.50. The second-order valence-corrected chi connectivity index (χ2v) is 8.75. The van der Waals surface area contributed by atoms with E-state index in [0.29, 0.717) is 29.0 Å². The Labute approximate surface area is 206 Å². The molecule has 2 N–H and O–H groups in total. The Hall–Kier alpha value is -4.18. The molecule has 1 aromatic heterocycles. The number of nitrogens with one attached hydrogen (secondary N) is 2. The van der Waals surface area contributed by atoms with Crippen molar-refractivity contribution in [2.24, 2.45) is 0 Å². The molecule has 0 spiro atoms. The van der Waals surface area contributed by atoms with E-state index >= 15 is 0 Å². The topological polar surface area (TPSA) is 115 Å². The van der Waals surface area contributed by atoms with Crippen LogP contribution >= 0.6 is 11.8 Å². The number of hydrogen-bond acceptors (Lipinski definition) is 6. The van der Waals surface area contributed by atoms with Crippen molar-refractivity contribution in [1.29, 1.82) is 0 Å². The zero-order chi connectivity index (χ0) is 24.6. The predicted octanol–water partition coefficient (Wildman–Crippen LogP) is 4.78. The molecule has 4 aromatic rings. The van der Waals surface area contributed by atoms with Crippen molar-refractivity contribution in [2.75, 3.05) is 0 Å². The van der Waals surface area contributed by atoms with Crippen LogP contribution in [0.25, 0.3) is 5.69 Å². The van der Waals surface area contributed by atoms with Gasteiger partial charge in [-0.25, -0.2) is 4.79 Å². The first-order valence-corrected chi connectivity index (χ1v) is 11.9. The van der Waals surface area contributed by atoms with Crippen LogP contribution in [-0.4, -0.2) is 25.7 Å². The first-order valence-electron chi connectivity index (χ1n) is 10.9. The minimum Gasteiger partial charge on any atom is -0.334 e. The zero-order valence-corrected chi connectivity index (χ0v) is 19.9. The van der Waals surface area contributed by atoms with Gasteiger partial charge in [0.15, 0.2) is 11.0 Å². The van der Waals surface area contributed by atoms with Crippen molar-refractivity contribution in [2.45, 2.75) is 30.9 Å². The summed E-state index contributed by atoms with van der Waals surface area (Å²) in [6.07, 6.45) is 0. The molecular weight excluding hydrogens is 464 g/mol. The van der Waals surface area contributed by atoms with Crippen molar-refractivity contribution >= 4 is 23.5 Å². The van der Waals surface area contributed by atoms with E-state index in [2.05, 4.69) is 26.9 Å². The minimum atomic E-state index is -0.442. The molecule has 9 nitrogen and oxygen atoms in total. The smallest absolute Gasteiger partial charge is 0.315 e. The lowest BCUT2D eigenvalue weighted by Crippen LogP contribution is -2.35. The zero-order valence-electron chi connectivity index (χ0n) is 19.0. The number of benzene rings is 3. The van der Waals surface area contributed by atoms with Gasteiger partial charge in [-0.1, -0.05) is 71.9 Å². The van der Waals surface area contributed by atoms with E-state index in [-0.39, 0.29) is 18.3 Å². The van der Waals surface area contributed by atoms with Crippen molar-refractivity contribution in [3.05, 3.63) is 111 Å². The normalized spacial score (nSPS) is 10.7. The Morgan fingerprint density at radius 1 is 0.943 bits per heavy atom. The van der Waals surface area contributed by atoms with E-state index in [1.54, 1.807) is 12.1 Å². The first-order chi connectivity index (χ1) is 17.0. The number of thioether (sulfide) groups is 1. The number of aromatic nitrogens is 3. The Morgan fingerprint density at radius 2 is 1.66 bits per heavy atom. The molecule has 0 radical (unpaired) electrons. The van der Waals surface area contributed by atoms with E-state index in [4.69, 9.17) is 0 Å². The van der Waals surface area contributed by atoms with E-state index < -0.39 is 4.92 Å². The number of amides is 2. The van der Waals surface area contributed by atoms with Gasteiger partial charge >= 0.3 is 6.03 Å². The van der Waals surface area contributed by atoms with Gasteiger partial charge in [-0.05, 0) is 30.2 Å². The lowest BCUT2D eigenvalue weighted by Gasteiger charge is -2.12. The van der Waals surface area contributed by atoms with Crippen LogP contribution in [0.15, 0.2) is 84.0 Å². The number of non-ortho nitro benzene ring substituents is 1. The highest BCUT2D eigenvalue weighted by molar-refractivity contribution is 7.98. The fourth-order valence-electron chi connectivity index (χ4n) is 3.44. The monoisotopic (exact) mass is 488 g/mol. The molecule has 2 amide bonds. The fraction of sp³-hybridized carbons (Fsp3) is 0.160. The molecule has 0 unspecified atom stereocenters. The SMILES string of the molecule is Cc1cccc(CSc2nnc(CNC(=O)NCc3ccccc3)n2-c2ccc([N+](=O)[O-])cc2)c1. The molecule has 35 heavy (non-hydrogen) atoms. The number of urea groups is 1. The maximum Gasteiger partial charge on any atom is 0.315 e. The number of nitro benzene ring substituents is 1. The number of rotatable bonds is 9. The van der Waals surface area contributed by atoms with Gasteiger partial charge in [-0.3, -0.25) is 14.7 Å². The molecule has 0 aliphatic carbocycles. The van der Waals surface area contributed by atoms with Crippen molar-refractivity contribution in [3.8, 4) is 5.69 Å². The maximum atomic E-state index is 12.3. The summed E-state index contributed by atoms with van der Waals surface area (Å²) in [7, 11) is 0. The van der Waals surface area contributed by atoms with Crippen LogP contribution in [0.5, 0.6) is 0 Å². The Morgan fingerprint density at radius 3 is 2.37 bits per heavy atom. The summed E-state index contributed by atoms with van der Waals surface area (Å²) in [4.78, 5) is 23.0. The molecule has 3 aromatic carbocycles. The molecule has 4 rings (SSSR count). The summed E-state index contributed by atoms with van der Waals surface area (Å²) < 4.78 is 1.81. The number of carbonyl (C=O) groups excluding carboxylic acids is 1. The van der Waals surface area contributed by atoms with Gasteiger partial charge in [0.1, 0.15) is 0 Å². The third-order valence-electron chi connectivity index (χ3n) is 5.17. The highest BCUT2D eigenvalue weighted by Crippen LogP contribution is 2.26. The molecule has 1 heterocycles. The van der Waals surface area contributed by atoms with Gasteiger partial charge in [0.25, 0.3) is 5.69 Å². The fourth-order valence-corrected chi connectivity index (χ4v) is 4.35. The molecule has 0 atom stereocenters. The summed E-state index contributed by atoms with van der Waals surface area (Å²) in [5.74, 6) is 1.19. The third kappa shape index (κ3) is 6.45. The van der Waals surface area contributed by atoms with Crippen LogP contribution < -0.4 is 10.6 Å². The lowest BCUT2D eigenvalue weighted by molar-refractivity contribution is -0.384. The summed E-state index contributed by atoms with van der Waals surface area (Å²) in [6.45, 7) is 2.58. The van der Waals surface area contributed by atoms with Crippen LogP contribution in [0.1, 0.15) is 22.5 Å². The van der Waals surface area contributed by atoms with E-state index in [9.17, 15) is 14.9 Å². The van der Waals surface area contributed by atoms with Gasteiger partial charge in [-0.15, -0.1) is 10.2 Å². The molecule has 0 saturated carbocycles. The maximum absolute atomic E-state index is 12.3. The van der Waals surface area contributed by atoms with E-state index in [1.807, 2.05) is 60.0 Å². The molecular formula is C25H24N6O3S. The standard InChI is InChI=1S/C25H24N6O3S/c1-18-6-5-9-20(14-18)17-35-25-29-28-23(30(25)21-10-12-22(13-11-21)31(33)34)16-27-24(32)26-15-19-7-3-2-4-8-19/h2-14H,15-17H2,1H3,(H2,26,27,32). The lowest BCUT2D eigenvalue weighted by atomic mass is 10.2. The minimum absolute atomic E-state index is 0.00393. The quantitative estimate of drug-likeness (QED) is 0.199. The number of nitro groups is 1. The van der Waals surface area contributed by atoms with Crippen LogP contribution in [0.3, 0.4) is 0 Å². The molecule has 0 bridgehead atoms. The predicted molar refractivity (Wildman–Crippen MR) is 134 cm³/mol. The molecule has 0 aliphatic rings. The van der Waals surface area contributed by atoms with Crippen molar-refractivity contribution in [1.82, 2.24) is 25.4 Å². The number of aryl methyl sites for hydroxylation is 1. The molecule has 0 aliphatic heterocycles. The molecule has 10 heteroatoms. The van der Waals surface area contributed by atoms with Gasteiger partial charge in [0.2, 0.25) is 0 Å². The number of hydrogen-bond donors (Lipinski definition) is 2. The van der Waals surface area contributed by atoms with Crippen LogP contribution in [0, 0.1) is 17.0 Å². The summed E-state index contributed by atoms with van der Waals surface area (Å²) in [5.41, 5.74) is 3.98. The van der Waals surface area contributed by atoms with E-state index in [0.717, 1.165) is 11.1 Å². The van der Waals surface area contributed by atoms with Crippen LogP contribution in [0.4, 0.5) is 10.5 Å². The van der Waals surface area contributed by atoms with Crippen molar-refractivity contribution in [3.63, 3.8) is 0 Å². The Kier molecular flexibility index (Phi) is 7.74. The number of nitrogens with zero attached hydrogens (tertiary/aromatic N) is 4. The van der Waals surface area contributed by atoms with Crippen LogP contribution in [-0.2, 0) is 18.8 Å². The first kappa shape index (κ1) is 24.0. The second-order valence-electron chi connectivity index (χ2n) is 7.81. The van der Waals surface area contributed by atoms with Gasteiger partial charge in [0.05, 0.1) is 11.5 Å². The summed E-state index contributed by atoms with van der Waals surface area (Å²) in [5, 5.41) is 26.0. The average molecular weight is 489 g/mol. The van der Waals surface area contributed by atoms with Crippen molar-refractivity contribution < 1.29 is 9.72 Å². The third-order valence-corrected chi connectivity index (χ3v) is 6.17. The van der Waals surface area contributed by atoms with E-state index in [1.165, 1.54) is 29.5 Å². The number of carbonyl (C=O) groups is 1.